The van der Waals surface area contributed by atoms with Gasteiger partial charge in [-0.15, -0.1) is 0 Å². The zero-order valence-electron chi connectivity index (χ0n) is 23.9. The topological polar surface area (TPSA) is 74.6 Å². The Morgan fingerprint density at radius 1 is 0.647 bits per heavy atom. The Morgan fingerprint density at radius 3 is 1.59 bits per heavy atom. The Balaban J connectivity index is 0. The Morgan fingerprint density at radius 2 is 1.09 bits per heavy atom. The fourth-order valence-electron chi connectivity index (χ4n) is 4.56. The second-order valence-corrected chi connectivity index (χ2v) is 12.8. The van der Waals surface area contributed by atoms with Crippen LogP contribution in [0.4, 0.5) is 0 Å². The number of hydrogen-bond donors (Lipinski definition) is 2. The molecular formula is C30H58O4. The molecule has 34 heavy (non-hydrogen) atoms. The average molecular weight is 483 g/mol. The SMILES string of the molecule is CC(CC=CCCCCC(=O)O)CC(C)(C)C.CC(CCCCCCCC(=O)O)CC(C)(C)C. The van der Waals surface area contributed by atoms with Gasteiger partial charge in [-0.2, -0.15) is 0 Å². The molecule has 2 N–H and O–H groups in total. The van der Waals surface area contributed by atoms with Crippen LogP contribution in [0.5, 0.6) is 0 Å². The summed E-state index contributed by atoms with van der Waals surface area (Å²) in [5.74, 6) is 0.191. The van der Waals surface area contributed by atoms with E-state index in [0.717, 1.165) is 50.4 Å². The summed E-state index contributed by atoms with van der Waals surface area (Å²) < 4.78 is 0. The molecule has 0 saturated heterocycles. The number of carboxylic acids is 2. The highest BCUT2D eigenvalue weighted by molar-refractivity contribution is 5.66. The van der Waals surface area contributed by atoms with Gasteiger partial charge in [-0.1, -0.05) is 99.6 Å². The third-order valence-electron chi connectivity index (χ3n) is 5.73. The standard InChI is InChI=1S/C15H30O2.C15H28O2/c2*1-13(12-15(2,3)4)10-8-6-5-7-9-11-14(16)17/h13H,5-12H2,1-4H3,(H,16,17);6,8,13H,5,7,9-12H2,1-4H3,(H,16,17). The van der Waals surface area contributed by atoms with E-state index < -0.39 is 11.9 Å². The summed E-state index contributed by atoms with van der Waals surface area (Å²) in [5.41, 5.74) is 0.857. The summed E-state index contributed by atoms with van der Waals surface area (Å²) in [5, 5.41) is 17.0. The molecule has 0 aromatic carbocycles. The molecule has 0 radical (unpaired) electrons. The minimum Gasteiger partial charge on any atom is -0.481 e. The van der Waals surface area contributed by atoms with Crippen LogP contribution in [0.2, 0.25) is 0 Å². The summed E-state index contributed by atoms with van der Waals surface area (Å²) in [6.07, 6.45) is 18.5. The lowest BCUT2D eigenvalue weighted by Gasteiger charge is -2.23. The molecule has 0 bridgehead atoms. The van der Waals surface area contributed by atoms with Crippen LogP contribution in [0.15, 0.2) is 12.2 Å². The van der Waals surface area contributed by atoms with E-state index in [1.807, 2.05) is 0 Å². The third kappa shape index (κ3) is 32.9. The number of allylic oxidation sites excluding steroid dienone is 2. The number of rotatable bonds is 17. The predicted octanol–water partition coefficient (Wildman–Crippen LogP) is 9.52. The molecule has 0 rings (SSSR count). The Labute approximate surface area is 212 Å². The minimum absolute atomic E-state index is 0.300. The van der Waals surface area contributed by atoms with E-state index >= 15 is 0 Å². The molecule has 0 fully saturated rings. The first-order valence-corrected chi connectivity index (χ1v) is 13.7. The van der Waals surface area contributed by atoms with Crippen molar-refractivity contribution in [2.24, 2.45) is 22.7 Å². The van der Waals surface area contributed by atoms with Crippen molar-refractivity contribution in [2.75, 3.05) is 0 Å². The molecule has 0 spiro atoms. The Hall–Kier alpha value is -1.32. The maximum Gasteiger partial charge on any atom is 0.303 e. The summed E-state index contributed by atoms with van der Waals surface area (Å²) in [6.45, 7) is 18.4. The van der Waals surface area contributed by atoms with E-state index in [9.17, 15) is 9.59 Å². The minimum atomic E-state index is -0.687. The van der Waals surface area contributed by atoms with E-state index in [-0.39, 0.29) is 0 Å². The highest BCUT2D eigenvalue weighted by atomic mass is 16.4. The molecule has 0 aliphatic rings. The number of carbonyl (C=O) groups is 2. The van der Waals surface area contributed by atoms with Crippen LogP contribution in [0.1, 0.15) is 145 Å². The van der Waals surface area contributed by atoms with Crippen molar-refractivity contribution < 1.29 is 19.8 Å². The average Bonchev–Trinajstić information content (AvgIpc) is 2.63. The van der Waals surface area contributed by atoms with E-state index in [1.54, 1.807) is 0 Å². The Bertz CT molecular complexity index is 537. The lowest BCUT2D eigenvalue weighted by atomic mass is 9.83. The summed E-state index contributed by atoms with van der Waals surface area (Å²) in [4.78, 5) is 20.6. The fourth-order valence-corrected chi connectivity index (χ4v) is 4.56. The van der Waals surface area contributed by atoms with Gasteiger partial charge in [-0.05, 0) is 67.6 Å². The molecule has 0 aliphatic heterocycles. The van der Waals surface area contributed by atoms with Gasteiger partial charge < -0.3 is 10.2 Å². The molecule has 0 aliphatic carbocycles. The van der Waals surface area contributed by atoms with Crippen LogP contribution in [-0.4, -0.2) is 22.2 Å². The van der Waals surface area contributed by atoms with Crippen LogP contribution in [0, 0.1) is 22.7 Å². The fraction of sp³-hybridized carbons (Fsp3) is 0.867. The summed E-state index contributed by atoms with van der Waals surface area (Å²) >= 11 is 0. The van der Waals surface area contributed by atoms with E-state index in [1.165, 1.54) is 38.5 Å². The van der Waals surface area contributed by atoms with E-state index in [2.05, 4.69) is 67.5 Å². The van der Waals surface area contributed by atoms with Gasteiger partial charge in [-0.3, -0.25) is 9.59 Å². The number of hydrogen-bond acceptors (Lipinski definition) is 2. The molecule has 2 atom stereocenters. The second kappa shape index (κ2) is 19.9. The molecular weight excluding hydrogens is 424 g/mol. The van der Waals surface area contributed by atoms with Crippen molar-refractivity contribution >= 4 is 11.9 Å². The van der Waals surface area contributed by atoms with Crippen LogP contribution in [0.3, 0.4) is 0 Å². The van der Waals surface area contributed by atoms with E-state index in [4.69, 9.17) is 10.2 Å². The van der Waals surface area contributed by atoms with Gasteiger partial charge in [0.2, 0.25) is 0 Å². The van der Waals surface area contributed by atoms with Gasteiger partial charge in [0.05, 0.1) is 0 Å². The molecule has 0 aromatic heterocycles. The molecule has 4 nitrogen and oxygen atoms in total. The first-order valence-electron chi connectivity index (χ1n) is 13.7. The lowest BCUT2D eigenvalue weighted by Crippen LogP contribution is -2.10. The van der Waals surface area contributed by atoms with Crippen molar-refractivity contribution in [3.05, 3.63) is 12.2 Å². The monoisotopic (exact) mass is 482 g/mol. The number of carboxylic acid groups (broad SMARTS) is 2. The summed E-state index contributed by atoms with van der Waals surface area (Å²) in [6, 6.07) is 0. The van der Waals surface area contributed by atoms with E-state index in [0.29, 0.717) is 23.7 Å². The predicted molar refractivity (Wildman–Crippen MR) is 146 cm³/mol. The van der Waals surface area contributed by atoms with Crippen molar-refractivity contribution in [3.63, 3.8) is 0 Å². The molecule has 0 amide bonds. The quantitative estimate of drug-likeness (QED) is 0.160. The van der Waals surface area contributed by atoms with Gasteiger partial charge in [0, 0.05) is 12.8 Å². The molecule has 4 heteroatoms. The molecule has 0 heterocycles. The zero-order valence-corrected chi connectivity index (χ0v) is 23.9. The van der Waals surface area contributed by atoms with Crippen molar-refractivity contribution in [1.82, 2.24) is 0 Å². The normalized spacial score (nSPS) is 13.9. The molecule has 202 valence electrons. The van der Waals surface area contributed by atoms with Gasteiger partial charge in [0.1, 0.15) is 0 Å². The molecule has 0 aromatic rings. The molecule has 2 unspecified atom stereocenters. The van der Waals surface area contributed by atoms with Crippen LogP contribution in [0.25, 0.3) is 0 Å². The maximum atomic E-state index is 10.3. The molecule has 0 saturated carbocycles. The lowest BCUT2D eigenvalue weighted by molar-refractivity contribution is -0.138. The van der Waals surface area contributed by atoms with Crippen molar-refractivity contribution in [2.45, 2.75) is 145 Å². The number of aliphatic carboxylic acids is 2. The van der Waals surface area contributed by atoms with Crippen LogP contribution >= 0.6 is 0 Å². The van der Waals surface area contributed by atoms with Gasteiger partial charge in [0.15, 0.2) is 0 Å². The van der Waals surface area contributed by atoms with Gasteiger partial charge in [0.25, 0.3) is 0 Å². The maximum absolute atomic E-state index is 10.3. The first kappa shape index (κ1) is 34.8. The number of unbranched alkanes of at least 4 members (excludes halogenated alkanes) is 6. The van der Waals surface area contributed by atoms with Crippen molar-refractivity contribution in [1.29, 1.82) is 0 Å². The first-order chi connectivity index (χ1) is 15.6. The highest BCUT2D eigenvalue weighted by Gasteiger charge is 2.15. The Kier molecular flexibility index (Phi) is 20.4. The largest absolute Gasteiger partial charge is 0.481 e. The van der Waals surface area contributed by atoms with Gasteiger partial charge in [-0.25, -0.2) is 0 Å². The highest BCUT2D eigenvalue weighted by Crippen LogP contribution is 2.27. The van der Waals surface area contributed by atoms with Crippen molar-refractivity contribution in [3.8, 4) is 0 Å². The van der Waals surface area contributed by atoms with Gasteiger partial charge >= 0.3 is 11.9 Å². The zero-order chi connectivity index (χ0) is 26.6. The second-order valence-electron chi connectivity index (χ2n) is 12.8. The summed E-state index contributed by atoms with van der Waals surface area (Å²) in [7, 11) is 0. The third-order valence-corrected chi connectivity index (χ3v) is 5.73. The smallest absolute Gasteiger partial charge is 0.303 e. The van der Waals surface area contributed by atoms with Crippen LogP contribution < -0.4 is 0 Å². The van der Waals surface area contributed by atoms with Crippen LogP contribution in [-0.2, 0) is 9.59 Å².